The number of phenolic OH excluding ortho intramolecular Hbond substituents is 1. The molecule has 0 aliphatic heterocycles. The van der Waals surface area contributed by atoms with Crippen LogP contribution in [0, 0.1) is 15.4 Å². The number of hydrogen-bond donors (Lipinski definition) is 6. The highest BCUT2D eigenvalue weighted by Crippen LogP contribution is 2.55. The van der Waals surface area contributed by atoms with Crippen LogP contribution in [0.3, 0.4) is 0 Å². The van der Waals surface area contributed by atoms with Crippen molar-refractivity contribution in [3.05, 3.63) is 31.6 Å². The van der Waals surface area contributed by atoms with E-state index in [1.54, 1.807) is 33.1 Å². The van der Waals surface area contributed by atoms with Crippen molar-refractivity contribution in [1.29, 1.82) is 0 Å². The van der Waals surface area contributed by atoms with Gasteiger partial charge < -0.3 is 36.8 Å². The third-order valence-corrected chi connectivity index (χ3v) is 8.38. The zero-order valence-electron chi connectivity index (χ0n) is 20.0. The number of aliphatic hydroxyl groups excluding tert-OH is 2. The van der Waals surface area contributed by atoms with E-state index in [1.807, 2.05) is 22.6 Å². The maximum absolute atomic E-state index is 13.8. The highest BCUT2D eigenvalue weighted by Gasteiger charge is 2.64. The highest BCUT2D eigenvalue weighted by molar-refractivity contribution is 14.1. The number of carbonyl (C=O) groups excluding carboxylic acids is 3. The highest BCUT2D eigenvalue weighted by atomic mass is 127. The minimum Gasteiger partial charge on any atom is -0.508 e. The molecule has 1 fully saturated rings. The van der Waals surface area contributed by atoms with Crippen molar-refractivity contribution >= 4 is 81.2 Å². The molecule has 0 radical (unpaired) electrons. The van der Waals surface area contributed by atoms with Crippen LogP contribution in [0.2, 0.25) is 0 Å². The lowest BCUT2D eigenvalue weighted by Crippen LogP contribution is -2.65. The Morgan fingerprint density at radius 3 is 2.22 bits per heavy atom. The molecule has 0 bridgehead atoms. The number of anilines is 2. The number of fused-ring (bicyclic) bond motifs is 3. The summed E-state index contributed by atoms with van der Waals surface area (Å²) in [4.78, 5) is 42.2. The lowest BCUT2D eigenvalue weighted by Gasteiger charge is -2.50. The third kappa shape index (κ3) is 3.60. The van der Waals surface area contributed by atoms with Gasteiger partial charge in [0, 0.05) is 25.6 Å². The van der Waals surface area contributed by atoms with Crippen LogP contribution in [0.1, 0.15) is 17.5 Å². The maximum Gasteiger partial charge on any atom is 0.255 e. The molecule has 36 heavy (non-hydrogen) atoms. The summed E-state index contributed by atoms with van der Waals surface area (Å²) in [5.41, 5.74) is 8.92. The average molecular weight is 726 g/mol. The Labute approximate surface area is 238 Å². The van der Waals surface area contributed by atoms with Gasteiger partial charge in [-0.05, 0) is 61.0 Å². The number of likely N-dealkylation sites (N-methyl/N-ethyl adjacent to an activating group) is 1. The number of nitrogens with two attached hydrogens (primary N) is 2. The number of ketones is 2. The summed E-state index contributed by atoms with van der Waals surface area (Å²) in [6.07, 6.45) is 0.228. The van der Waals surface area contributed by atoms with Gasteiger partial charge in [-0.15, -0.1) is 24.0 Å². The molecule has 1 aromatic rings. The summed E-state index contributed by atoms with van der Waals surface area (Å²) in [7, 11) is 6.68. The first-order chi connectivity index (χ1) is 16.2. The maximum atomic E-state index is 13.8. The summed E-state index contributed by atoms with van der Waals surface area (Å²) in [6.45, 7) is 0. The van der Waals surface area contributed by atoms with E-state index in [0.29, 0.717) is 14.8 Å². The fourth-order valence-corrected chi connectivity index (χ4v) is 6.88. The predicted octanol–water partition coefficient (Wildman–Crippen LogP) is 0.835. The van der Waals surface area contributed by atoms with Crippen molar-refractivity contribution in [2.45, 2.75) is 24.5 Å². The second kappa shape index (κ2) is 9.33. The fraction of sp³-hybridized carbons (Fsp3) is 0.435. The summed E-state index contributed by atoms with van der Waals surface area (Å²) in [5.74, 6) is -6.96. The number of rotatable bonds is 3. The molecule has 8 N–H and O–H groups in total. The van der Waals surface area contributed by atoms with E-state index >= 15 is 0 Å². The predicted molar refractivity (Wildman–Crippen MR) is 151 cm³/mol. The van der Waals surface area contributed by atoms with Crippen molar-refractivity contribution in [3.8, 4) is 5.75 Å². The number of primary amides is 1. The molecule has 196 valence electrons. The number of aromatic hydroxyl groups is 1. The fourth-order valence-electron chi connectivity index (χ4n) is 5.81. The summed E-state index contributed by atoms with van der Waals surface area (Å²) >= 11 is 2.00. The number of benzene rings is 1. The number of carbonyl (C=O) groups is 3. The average Bonchev–Trinajstić information content (AvgIpc) is 2.74. The Hall–Kier alpha value is -2.11. The van der Waals surface area contributed by atoms with E-state index in [-0.39, 0.29) is 53.6 Å². The van der Waals surface area contributed by atoms with E-state index in [1.165, 1.54) is 4.90 Å². The number of Topliss-reactive ketones (excluding diaryl/α,β-unsaturated/α-hetero) is 2. The minimum atomic E-state index is -2.67. The van der Waals surface area contributed by atoms with Gasteiger partial charge >= 0.3 is 0 Å². The summed E-state index contributed by atoms with van der Waals surface area (Å²) in [6, 6.07) is -1.12. The zero-order chi connectivity index (χ0) is 26.3. The van der Waals surface area contributed by atoms with Crippen LogP contribution in [0.4, 0.5) is 11.4 Å². The second-order valence-corrected chi connectivity index (χ2v) is 10.7. The van der Waals surface area contributed by atoms with Gasteiger partial charge in [0.05, 0.1) is 26.6 Å². The number of nitrogen functional groups attached to an aromatic ring is 1. The molecule has 13 heteroatoms. The molecule has 2 unspecified atom stereocenters. The van der Waals surface area contributed by atoms with E-state index in [0.717, 1.165) is 0 Å². The minimum absolute atomic E-state index is 0. The molecule has 4 rings (SSSR count). The lowest BCUT2D eigenvalue weighted by molar-refractivity contribution is -0.153. The van der Waals surface area contributed by atoms with E-state index in [2.05, 4.69) is 0 Å². The molecule has 0 spiro atoms. The van der Waals surface area contributed by atoms with Crippen LogP contribution in [-0.2, 0) is 20.8 Å². The van der Waals surface area contributed by atoms with Crippen LogP contribution >= 0.6 is 46.6 Å². The van der Waals surface area contributed by atoms with Crippen LogP contribution < -0.4 is 16.4 Å². The van der Waals surface area contributed by atoms with Gasteiger partial charge in [0.2, 0.25) is 5.78 Å². The molecule has 0 saturated heterocycles. The van der Waals surface area contributed by atoms with Crippen molar-refractivity contribution in [2.24, 2.45) is 17.6 Å². The second-order valence-electron chi connectivity index (χ2n) is 9.63. The van der Waals surface area contributed by atoms with Crippen molar-refractivity contribution < 1.29 is 34.8 Å². The normalized spacial score (nSPS) is 27.4. The number of hydrogen-bond acceptors (Lipinski definition) is 10. The van der Waals surface area contributed by atoms with Crippen LogP contribution in [-0.4, -0.2) is 82.6 Å². The number of nitrogens with zero attached hydrogens (tertiary/aromatic N) is 2. The molecule has 1 saturated carbocycles. The van der Waals surface area contributed by atoms with Crippen molar-refractivity contribution in [1.82, 2.24) is 4.90 Å². The largest absolute Gasteiger partial charge is 0.508 e. The van der Waals surface area contributed by atoms with Gasteiger partial charge in [-0.3, -0.25) is 19.3 Å². The Bertz CT molecular complexity index is 1270. The van der Waals surface area contributed by atoms with E-state index in [4.69, 9.17) is 11.5 Å². The first kappa shape index (κ1) is 28.5. The van der Waals surface area contributed by atoms with Crippen LogP contribution in [0.5, 0.6) is 5.75 Å². The third-order valence-electron chi connectivity index (χ3n) is 7.28. The monoisotopic (exact) mass is 726 g/mol. The molecule has 4 atom stereocenters. The standard InChI is InChI=1S/C23H27IN4O7.HI/c1-27(2)15-8-5-7-6-9-16(28(3)4)19(31)12(22(26)34)21(33)23(9,35)20(32)10(7)17(29)11(8)18(30)14(25)13(15)24;/h7,9,16,29-30,33,35H,5-6,25H2,1-4H3,(H2,26,34);1H/t7?,9?,16-,23-;/m0./s1. The molecule has 1 amide bonds. The number of aliphatic hydroxyl groups is 3. The first-order valence-electron chi connectivity index (χ1n) is 10.8. The molecule has 1 aromatic carbocycles. The Kier molecular flexibility index (Phi) is 7.37. The topological polar surface area (TPSA) is 191 Å². The zero-order valence-corrected chi connectivity index (χ0v) is 24.5. The van der Waals surface area contributed by atoms with E-state index < -0.39 is 63.8 Å². The molecule has 3 aliphatic rings. The SMILES string of the molecule is CN(C)c1c(I)c(N)c(O)c2c1CC1CC3[C@H](N(C)C)C(=O)C(C(N)=O)=C(O)[C@@]3(O)C(=O)C1=C2O.I. The molecule has 3 aliphatic carbocycles. The quantitative estimate of drug-likeness (QED) is 0.113. The Balaban J connectivity index is 0.00000361. The Morgan fingerprint density at radius 1 is 1.14 bits per heavy atom. The van der Waals surface area contributed by atoms with Gasteiger partial charge in [0.25, 0.3) is 5.91 Å². The number of phenols is 1. The van der Waals surface area contributed by atoms with Crippen molar-refractivity contribution in [3.63, 3.8) is 0 Å². The summed E-state index contributed by atoms with van der Waals surface area (Å²) < 4.78 is 0.574. The smallest absolute Gasteiger partial charge is 0.255 e. The van der Waals surface area contributed by atoms with Gasteiger partial charge in [-0.1, -0.05) is 0 Å². The summed E-state index contributed by atoms with van der Waals surface area (Å²) in [5, 5.41) is 44.5. The van der Waals surface area contributed by atoms with Crippen molar-refractivity contribution in [2.75, 3.05) is 38.8 Å². The van der Waals surface area contributed by atoms with Crippen LogP contribution in [0.25, 0.3) is 5.76 Å². The van der Waals surface area contributed by atoms with Gasteiger partial charge in [-0.2, -0.15) is 0 Å². The van der Waals surface area contributed by atoms with E-state index in [9.17, 15) is 34.8 Å². The van der Waals surface area contributed by atoms with Gasteiger partial charge in [0.1, 0.15) is 17.1 Å². The molecule has 0 heterocycles. The van der Waals surface area contributed by atoms with Gasteiger partial charge in [0.15, 0.2) is 17.1 Å². The molecular weight excluding hydrogens is 698 g/mol. The first-order valence-corrected chi connectivity index (χ1v) is 11.9. The molecular formula is C23H28I2N4O7. The van der Waals surface area contributed by atoms with Crippen LogP contribution in [0.15, 0.2) is 16.9 Å². The lowest BCUT2D eigenvalue weighted by atomic mass is 9.57. The molecule has 0 aromatic heterocycles. The number of amides is 1. The molecule has 11 nitrogen and oxygen atoms in total. The van der Waals surface area contributed by atoms with Gasteiger partial charge in [-0.25, -0.2) is 0 Å². The Morgan fingerprint density at radius 2 is 1.72 bits per heavy atom. The number of halogens is 2.